The number of hydrogen-bond acceptors (Lipinski definition) is 4. The first-order valence-electron chi connectivity index (χ1n) is 19.6. The maximum Gasteiger partial charge on any atom is 0.235 e. The van der Waals surface area contributed by atoms with Gasteiger partial charge in [0.15, 0.2) is 0 Å². The van der Waals surface area contributed by atoms with Crippen LogP contribution < -0.4 is 4.90 Å². The summed E-state index contributed by atoms with van der Waals surface area (Å²) in [6.45, 7) is 0. The number of pyridine rings is 1. The van der Waals surface area contributed by atoms with Gasteiger partial charge < -0.3 is 8.97 Å². The number of fused-ring (bicyclic) bond motifs is 11. The Balaban J connectivity index is 1.06. The van der Waals surface area contributed by atoms with Crippen LogP contribution in [0.1, 0.15) is 0 Å². The largest absolute Gasteiger partial charge is 0.309 e. The number of para-hydroxylation sites is 3. The van der Waals surface area contributed by atoms with Gasteiger partial charge in [0.05, 0.1) is 55.1 Å². The zero-order valence-electron chi connectivity index (χ0n) is 31.0. The molecule has 7 aromatic carbocycles. The van der Waals surface area contributed by atoms with Crippen LogP contribution in [0.3, 0.4) is 0 Å². The lowest BCUT2D eigenvalue weighted by molar-refractivity contribution is 1.08. The molecule has 0 aliphatic carbocycles. The minimum absolute atomic E-state index is 0.654. The van der Waals surface area contributed by atoms with E-state index in [1.165, 1.54) is 65.2 Å². The fourth-order valence-electron chi connectivity index (χ4n) is 9.33. The first-order chi connectivity index (χ1) is 28.8. The van der Waals surface area contributed by atoms with E-state index in [0.29, 0.717) is 5.95 Å². The second-order valence-electron chi connectivity index (χ2n) is 15.0. The summed E-state index contributed by atoms with van der Waals surface area (Å²) in [5.74, 6) is 0.654. The molecular formula is C52H31N5S. The molecule has 5 aromatic heterocycles. The predicted molar refractivity (Wildman–Crippen MR) is 241 cm³/mol. The predicted octanol–water partition coefficient (Wildman–Crippen LogP) is 14.0. The molecule has 0 saturated carbocycles. The number of benzene rings is 7. The molecule has 0 fully saturated rings. The van der Waals surface area contributed by atoms with Crippen LogP contribution in [-0.2, 0) is 0 Å². The molecule has 58 heavy (non-hydrogen) atoms. The number of hydrogen-bond donors (Lipinski definition) is 0. The summed E-state index contributed by atoms with van der Waals surface area (Å²) in [5, 5.41) is 5.97. The van der Waals surface area contributed by atoms with E-state index in [9.17, 15) is 0 Å². The van der Waals surface area contributed by atoms with Gasteiger partial charge in [-0.05, 0) is 71.8 Å². The molecule has 1 aliphatic heterocycles. The highest BCUT2D eigenvalue weighted by Gasteiger charge is 2.35. The number of nitrogens with zero attached hydrogens (tertiary/aromatic N) is 5. The van der Waals surface area contributed by atoms with Crippen molar-refractivity contribution < 1.29 is 0 Å². The zero-order chi connectivity index (χ0) is 37.9. The van der Waals surface area contributed by atoms with Crippen LogP contribution >= 0.6 is 11.8 Å². The molecule has 0 radical (unpaired) electrons. The molecule has 0 N–H and O–H groups in total. The lowest BCUT2D eigenvalue weighted by Gasteiger charge is -2.30. The van der Waals surface area contributed by atoms with Crippen LogP contribution in [0.25, 0.3) is 88.1 Å². The van der Waals surface area contributed by atoms with E-state index in [1.807, 2.05) is 11.8 Å². The van der Waals surface area contributed by atoms with Crippen molar-refractivity contribution in [1.29, 1.82) is 0 Å². The molecule has 5 nitrogen and oxygen atoms in total. The molecule has 13 rings (SSSR count). The van der Waals surface area contributed by atoms with Crippen molar-refractivity contribution >= 4 is 89.1 Å². The smallest absolute Gasteiger partial charge is 0.235 e. The highest BCUT2D eigenvalue weighted by Crippen LogP contribution is 2.58. The van der Waals surface area contributed by atoms with Gasteiger partial charge in [-0.2, -0.15) is 0 Å². The topological polar surface area (TPSA) is 38.4 Å². The van der Waals surface area contributed by atoms with Crippen LogP contribution in [0.5, 0.6) is 0 Å². The summed E-state index contributed by atoms with van der Waals surface area (Å²) < 4.78 is 4.81. The van der Waals surface area contributed by atoms with Crippen LogP contribution in [0, 0.1) is 0 Å². The van der Waals surface area contributed by atoms with Gasteiger partial charge in [-0.1, -0.05) is 139 Å². The third kappa shape index (κ3) is 4.43. The van der Waals surface area contributed by atoms with Crippen molar-refractivity contribution in [3.63, 3.8) is 0 Å². The molecule has 6 heteroatoms. The quantitative estimate of drug-likeness (QED) is 0.179. The summed E-state index contributed by atoms with van der Waals surface area (Å²) in [6.07, 6.45) is 0. The fourth-order valence-corrected chi connectivity index (χ4v) is 10.5. The summed E-state index contributed by atoms with van der Waals surface area (Å²) in [6, 6.07) is 67.5. The number of anilines is 3. The average molecular weight is 758 g/mol. The lowest BCUT2D eigenvalue weighted by Crippen LogP contribution is -2.17. The van der Waals surface area contributed by atoms with Gasteiger partial charge >= 0.3 is 0 Å². The molecule has 0 spiro atoms. The average Bonchev–Trinajstić information content (AvgIpc) is 3.93. The highest BCUT2D eigenvalue weighted by atomic mass is 32.2. The molecule has 12 aromatic rings. The van der Waals surface area contributed by atoms with Gasteiger partial charge in [0, 0.05) is 43.1 Å². The van der Waals surface area contributed by atoms with E-state index in [2.05, 4.69) is 202 Å². The van der Waals surface area contributed by atoms with Crippen molar-refractivity contribution in [2.24, 2.45) is 0 Å². The van der Waals surface area contributed by atoms with E-state index in [-0.39, 0.29) is 0 Å². The number of rotatable bonds is 4. The minimum atomic E-state index is 0.654. The second-order valence-corrected chi connectivity index (χ2v) is 16.1. The molecule has 270 valence electrons. The van der Waals surface area contributed by atoms with Crippen molar-refractivity contribution in [3.05, 3.63) is 188 Å². The van der Waals surface area contributed by atoms with E-state index in [4.69, 9.17) is 9.97 Å². The Kier molecular flexibility index (Phi) is 6.60. The van der Waals surface area contributed by atoms with Gasteiger partial charge in [0.2, 0.25) is 5.95 Å². The Labute approximate surface area is 337 Å². The third-order valence-corrected chi connectivity index (χ3v) is 13.0. The van der Waals surface area contributed by atoms with Gasteiger partial charge in [-0.25, -0.2) is 9.97 Å². The summed E-state index contributed by atoms with van der Waals surface area (Å²) >= 11 is 1.85. The van der Waals surface area contributed by atoms with E-state index < -0.39 is 0 Å². The maximum atomic E-state index is 5.48. The highest BCUT2D eigenvalue weighted by molar-refractivity contribution is 8.00. The summed E-state index contributed by atoms with van der Waals surface area (Å²) in [4.78, 5) is 15.5. The Hall–Kier alpha value is -7.41. The van der Waals surface area contributed by atoms with Crippen LogP contribution in [0.15, 0.2) is 198 Å². The molecule has 6 heterocycles. The van der Waals surface area contributed by atoms with E-state index in [0.717, 1.165) is 44.1 Å². The Morgan fingerprint density at radius 2 is 1.07 bits per heavy atom. The standard InChI is InChI=1S/C52H31N5S/c1-3-14-32(15-4-1)48-39-21-9-11-22-41(39)53-52(54-48)57-45-29-27-34(33-26-28-44-40(30-33)37-19-10-12-23-42(37)55(44)35-16-5-2-6-17-35)31-47(45)58-51-46-25-13-24-43-36-18-7-8-20-38(36)49(50(51)57)56(43)46/h1-31H. The molecule has 1 aliphatic rings. The van der Waals surface area contributed by atoms with Crippen LogP contribution in [0.4, 0.5) is 17.3 Å². The maximum absolute atomic E-state index is 5.48. The number of aromatic nitrogens is 4. The monoisotopic (exact) mass is 757 g/mol. The minimum Gasteiger partial charge on any atom is -0.309 e. The Morgan fingerprint density at radius 3 is 1.91 bits per heavy atom. The molecule has 0 amide bonds. The van der Waals surface area contributed by atoms with Crippen LogP contribution in [0.2, 0.25) is 0 Å². The first-order valence-corrected chi connectivity index (χ1v) is 20.4. The third-order valence-electron chi connectivity index (χ3n) is 11.8. The molecule has 0 unspecified atom stereocenters. The molecule has 0 saturated heterocycles. The van der Waals surface area contributed by atoms with Crippen molar-refractivity contribution in [2.45, 2.75) is 9.79 Å². The second kappa shape index (κ2) is 12.0. The van der Waals surface area contributed by atoms with Gasteiger partial charge in [-0.15, -0.1) is 0 Å². The molecule has 0 atom stereocenters. The fraction of sp³-hybridized carbons (Fsp3) is 0. The lowest BCUT2D eigenvalue weighted by atomic mass is 10.0. The van der Waals surface area contributed by atoms with Crippen molar-refractivity contribution in [2.75, 3.05) is 4.90 Å². The van der Waals surface area contributed by atoms with E-state index >= 15 is 0 Å². The van der Waals surface area contributed by atoms with E-state index in [1.54, 1.807) is 0 Å². The van der Waals surface area contributed by atoms with Crippen molar-refractivity contribution in [1.82, 2.24) is 18.9 Å². The van der Waals surface area contributed by atoms with Gasteiger partial charge in [-0.3, -0.25) is 4.90 Å². The summed E-state index contributed by atoms with van der Waals surface area (Å²) in [5.41, 5.74) is 14.5. The first kappa shape index (κ1) is 31.8. The SMILES string of the molecule is c1ccc(-c2nc(N3c4ccc(-c5ccc6c(c5)c5ccccc5n6-c5ccccc5)cc4Sc4c3c3c5ccccc5c5cccc4n53)nc3ccccc23)cc1. The Morgan fingerprint density at radius 1 is 0.431 bits per heavy atom. The molecule has 0 bridgehead atoms. The van der Waals surface area contributed by atoms with Crippen molar-refractivity contribution in [3.8, 4) is 28.1 Å². The van der Waals surface area contributed by atoms with Gasteiger partial charge in [0.25, 0.3) is 0 Å². The summed E-state index contributed by atoms with van der Waals surface area (Å²) in [7, 11) is 0. The van der Waals surface area contributed by atoms with Gasteiger partial charge in [0.1, 0.15) is 0 Å². The zero-order valence-corrected chi connectivity index (χ0v) is 31.9. The van der Waals surface area contributed by atoms with Crippen LogP contribution in [-0.4, -0.2) is 18.9 Å². The normalized spacial score (nSPS) is 12.7. The molecular weight excluding hydrogens is 727 g/mol. The Bertz CT molecular complexity index is 3610.